The lowest BCUT2D eigenvalue weighted by molar-refractivity contribution is 0.0669. The van der Waals surface area contributed by atoms with Crippen molar-refractivity contribution in [3.8, 4) is 5.88 Å². The normalized spacial score (nSPS) is 18.4. The lowest BCUT2D eigenvalue weighted by Crippen LogP contribution is -2.33. The van der Waals surface area contributed by atoms with Gasteiger partial charge in [-0.3, -0.25) is 0 Å². The number of carboxylic acids is 1. The fourth-order valence-corrected chi connectivity index (χ4v) is 1.50. The number of carboxylic acid groups (broad SMARTS) is 1. The van der Waals surface area contributed by atoms with Crippen molar-refractivity contribution in [2.45, 2.75) is 20.4 Å². The van der Waals surface area contributed by atoms with Crippen LogP contribution in [0.4, 0.5) is 0 Å². The van der Waals surface area contributed by atoms with Gasteiger partial charge in [-0.05, 0) is 0 Å². The van der Waals surface area contributed by atoms with Crippen LogP contribution in [0.25, 0.3) is 0 Å². The van der Waals surface area contributed by atoms with E-state index < -0.39 is 5.97 Å². The highest BCUT2D eigenvalue weighted by Crippen LogP contribution is 2.30. The molecule has 1 aliphatic rings. The molecule has 1 aliphatic heterocycles. The number of hydrogen-bond donors (Lipinski definition) is 1. The quantitative estimate of drug-likeness (QED) is 0.727. The van der Waals surface area contributed by atoms with Crippen molar-refractivity contribution in [2.24, 2.45) is 5.41 Å². The van der Waals surface area contributed by atoms with Crippen molar-refractivity contribution in [1.29, 1.82) is 0 Å². The molecular weight excluding hydrogens is 184 g/mol. The number of aromatic nitrogens is 2. The van der Waals surface area contributed by atoms with Gasteiger partial charge in [0.05, 0.1) is 19.3 Å². The first kappa shape index (κ1) is 9.05. The maximum Gasteiger partial charge on any atom is 0.342 e. The third-order valence-electron chi connectivity index (χ3n) is 2.20. The van der Waals surface area contributed by atoms with E-state index in [1.54, 1.807) is 4.68 Å². The third kappa shape index (κ3) is 1.34. The van der Waals surface area contributed by atoms with Crippen molar-refractivity contribution in [1.82, 2.24) is 9.78 Å². The Hall–Kier alpha value is -1.52. The zero-order valence-corrected chi connectivity index (χ0v) is 8.15. The van der Waals surface area contributed by atoms with Gasteiger partial charge in [-0.2, -0.15) is 5.10 Å². The molecule has 1 aromatic heterocycles. The Labute approximate surface area is 81.3 Å². The lowest BCUT2D eigenvalue weighted by Gasteiger charge is -2.30. The van der Waals surface area contributed by atoms with E-state index in [2.05, 4.69) is 18.9 Å². The van der Waals surface area contributed by atoms with Crippen LogP contribution in [0, 0.1) is 5.41 Å². The average Bonchev–Trinajstić information content (AvgIpc) is 2.44. The van der Waals surface area contributed by atoms with Crippen LogP contribution < -0.4 is 4.74 Å². The topological polar surface area (TPSA) is 64.3 Å². The predicted octanol–water partition coefficient (Wildman–Crippen LogP) is 1.000. The van der Waals surface area contributed by atoms with Crippen molar-refractivity contribution in [3.05, 3.63) is 11.8 Å². The Bertz CT molecular complexity index is 381. The number of ether oxygens (including phenoxy) is 1. The van der Waals surface area contributed by atoms with Crippen molar-refractivity contribution >= 4 is 5.97 Å². The van der Waals surface area contributed by atoms with E-state index in [1.807, 2.05) is 0 Å². The van der Waals surface area contributed by atoms with Crippen LogP contribution in [0.15, 0.2) is 6.20 Å². The van der Waals surface area contributed by atoms with Crippen LogP contribution in [-0.4, -0.2) is 27.5 Å². The molecule has 5 nitrogen and oxygen atoms in total. The molecule has 0 amide bonds. The third-order valence-corrected chi connectivity index (χ3v) is 2.20. The number of aromatic carboxylic acids is 1. The summed E-state index contributed by atoms with van der Waals surface area (Å²) < 4.78 is 6.99. The fraction of sp³-hybridized carbons (Fsp3) is 0.556. The summed E-state index contributed by atoms with van der Waals surface area (Å²) in [5, 5.41) is 12.8. The minimum Gasteiger partial charge on any atom is -0.477 e. The molecule has 5 heteroatoms. The van der Waals surface area contributed by atoms with Gasteiger partial charge >= 0.3 is 5.97 Å². The predicted molar refractivity (Wildman–Crippen MR) is 48.5 cm³/mol. The van der Waals surface area contributed by atoms with E-state index >= 15 is 0 Å². The van der Waals surface area contributed by atoms with E-state index in [4.69, 9.17) is 9.84 Å². The summed E-state index contributed by atoms with van der Waals surface area (Å²) in [6, 6.07) is 0. The molecule has 0 aromatic carbocycles. The second-order valence-corrected chi connectivity index (χ2v) is 4.28. The largest absolute Gasteiger partial charge is 0.477 e. The van der Waals surface area contributed by atoms with E-state index in [0.29, 0.717) is 19.0 Å². The highest BCUT2D eigenvalue weighted by molar-refractivity contribution is 5.90. The molecule has 2 heterocycles. The minimum atomic E-state index is -0.994. The molecule has 0 bridgehead atoms. The first-order valence-corrected chi connectivity index (χ1v) is 4.41. The lowest BCUT2D eigenvalue weighted by atomic mass is 9.94. The van der Waals surface area contributed by atoms with E-state index in [9.17, 15) is 4.79 Å². The van der Waals surface area contributed by atoms with E-state index in [0.717, 1.165) is 0 Å². The molecule has 0 atom stereocenters. The Morgan fingerprint density at radius 3 is 3.07 bits per heavy atom. The van der Waals surface area contributed by atoms with E-state index in [-0.39, 0.29) is 11.0 Å². The Morgan fingerprint density at radius 1 is 1.71 bits per heavy atom. The maximum atomic E-state index is 10.8. The molecule has 2 rings (SSSR count). The Morgan fingerprint density at radius 2 is 2.43 bits per heavy atom. The molecule has 0 spiro atoms. The summed E-state index contributed by atoms with van der Waals surface area (Å²) in [7, 11) is 0. The summed E-state index contributed by atoms with van der Waals surface area (Å²) in [6.07, 6.45) is 1.33. The van der Waals surface area contributed by atoms with Crippen LogP contribution in [0.5, 0.6) is 5.88 Å². The first-order chi connectivity index (χ1) is 6.49. The van der Waals surface area contributed by atoms with Crippen LogP contribution in [0.3, 0.4) is 0 Å². The molecule has 0 radical (unpaired) electrons. The second kappa shape index (κ2) is 2.73. The van der Waals surface area contributed by atoms with Gasteiger partial charge in [0.25, 0.3) is 0 Å². The highest BCUT2D eigenvalue weighted by Gasteiger charge is 2.30. The van der Waals surface area contributed by atoms with Crippen LogP contribution in [0.2, 0.25) is 0 Å². The zero-order valence-electron chi connectivity index (χ0n) is 8.15. The Kier molecular flexibility index (Phi) is 1.77. The van der Waals surface area contributed by atoms with Crippen LogP contribution in [-0.2, 0) is 6.54 Å². The highest BCUT2D eigenvalue weighted by atomic mass is 16.5. The molecule has 76 valence electrons. The van der Waals surface area contributed by atoms with Gasteiger partial charge in [0.1, 0.15) is 5.56 Å². The van der Waals surface area contributed by atoms with Crippen LogP contribution >= 0.6 is 0 Å². The van der Waals surface area contributed by atoms with Crippen LogP contribution in [0.1, 0.15) is 24.2 Å². The number of carbonyl (C=O) groups is 1. The van der Waals surface area contributed by atoms with Gasteiger partial charge in [0.2, 0.25) is 5.88 Å². The van der Waals surface area contributed by atoms with Gasteiger partial charge in [-0.25, -0.2) is 9.48 Å². The number of nitrogens with zero attached hydrogens (tertiary/aromatic N) is 2. The summed E-state index contributed by atoms with van der Waals surface area (Å²) in [5.74, 6) is -0.622. The molecular formula is C9H12N2O3. The molecule has 1 N–H and O–H groups in total. The van der Waals surface area contributed by atoms with Gasteiger partial charge in [0.15, 0.2) is 0 Å². The molecule has 0 aliphatic carbocycles. The summed E-state index contributed by atoms with van der Waals surface area (Å²) in [5.41, 5.74) is 0.148. The number of hydrogen-bond acceptors (Lipinski definition) is 3. The monoisotopic (exact) mass is 196 g/mol. The fourth-order valence-electron chi connectivity index (χ4n) is 1.50. The standard InChI is InChI=1S/C9H12N2O3/c1-9(2)4-11-7(14-5-9)6(3-10-11)8(12)13/h3H,4-5H2,1-2H3,(H,12,13). The molecule has 1 aromatic rings. The molecule has 0 fully saturated rings. The summed E-state index contributed by atoms with van der Waals surface area (Å²) in [4.78, 5) is 10.8. The molecule has 14 heavy (non-hydrogen) atoms. The smallest absolute Gasteiger partial charge is 0.342 e. The maximum absolute atomic E-state index is 10.8. The van der Waals surface area contributed by atoms with Crippen molar-refractivity contribution in [3.63, 3.8) is 0 Å². The number of fused-ring (bicyclic) bond motifs is 1. The summed E-state index contributed by atoms with van der Waals surface area (Å²) in [6.45, 7) is 5.32. The second-order valence-electron chi connectivity index (χ2n) is 4.28. The van der Waals surface area contributed by atoms with Gasteiger partial charge in [0, 0.05) is 5.41 Å². The van der Waals surface area contributed by atoms with Gasteiger partial charge in [-0.1, -0.05) is 13.8 Å². The zero-order chi connectivity index (χ0) is 10.3. The Balaban J connectivity index is 2.39. The van der Waals surface area contributed by atoms with Crippen molar-refractivity contribution in [2.75, 3.05) is 6.61 Å². The average molecular weight is 196 g/mol. The minimum absolute atomic E-state index is 0.00872. The van der Waals surface area contributed by atoms with Crippen molar-refractivity contribution < 1.29 is 14.6 Å². The molecule has 0 saturated heterocycles. The molecule has 0 unspecified atom stereocenters. The summed E-state index contributed by atoms with van der Waals surface area (Å²) >= 11 is 0. The molecule has 0 saturated carbocycles. The van der Waals surface area contributed by atoms with E-state index in [1.165, 1.54) is 6.20 Å². The van der Waals surface area contributed by atoms with Gasteiger partial charge in [-0.15, -0.1) is 0 Å². The number of rotatable bonds is 1. The van der Waals surface area contributed by atoms with Gasteiger partial charge < -0.3 is 9.84 Å². The SMILES string of the molecule is CC1(C)COc2c(C(=O)O)cnn2C1. The first-order valence-electron chi connectivity index (χ1n) is 4.41.